The molecule has 2 aromatic rings. The van der Waals surface area contributed by atoms with Crippen LogP contribution in [0.1, 0.15) is 5.69 Å². The van der Waals surface area contributed by atoms with E-state index in [2.05, 4.69) is 10.2 Å². The lowest BCUT2D eigenvalue weighted by molar-refractivity contribution is 0.956. The molecule has 0 fully saturated rings. The van der Waals surface area contributed by atoms with Crippen LogP contribution in [0.2, 0.25) is 0 Å². The van der Waals surface area contributed by atoms with Crippen molar-refractivity contribution in [2.75, 3.05) is 0 Å². The topological polar surface area (TPSA) is 56.2 Å². The number of nitrogens with zero attached hydrogens (tertiary/aromatic N) is 3. The van der Waals surface area contributed by atoms with E-state index in [1.54, 1.807) is 17.7 Å². The van der Waals surface area contributed by atoms with Gasteiger partial charge in [-0.3, -0.25) is 4.40 Å². The quantitative estimate of drug-likeness (QED) is 0.640. The number of rotatable bonds is 1. The molecule has 0 atom stereocenters. The van der Waals surface area contributed by atoms with Gasteiger partial charge in [0.15, 0.2) is 0 Å². The van der Waals surface area contributed by atoms with Gasteiger partial charge in [0, 0.05) is 11.9 Å². The van der Waals surface area contributed by atoms with Gasteiger partial charge in [0.05, 0.1) is 5.69 Å². The van der Waals surface area contributed by atoms with E-state index in [0.29, 0.717) is 6.54 Å². The Bertz CT molecular complexity index is 336. The average molecular weight is 154 g/mol. The monoisotopic (exact) mass is 154 g/mol. The van der Waals surface area contributed by atoms with Gasteiger partial charge >= 0.3 is 0 Å². The van der Waals surface area contributed by atoms with Crippen LogP contribution < -0.4 is 5.73 Å². The Morgan fingerprint density at radius 2 is 2.60 bits per heavy atom. The molecular weight excluding hydrogens is 148 g/mol. The van der Waals surface area contributed by atoms with Crippen molar-refractivity contribution >= 4 is 16.3 Å². The van der Waals surface area contributed by atoms with Crippen molar-refractivity contribution in [3.8, 4) is 0 Å². The molecule has 0 aliphatic rings. The minimum atomic E-state index is 0.540. The second-order valence-electron chi connectivity index (χ2n) is 1.91. The minimum Gasteiger partial charge on any atom is -0.325 e. The zero-order valence-electron chi connectivity index (χ0n) is 5.19. The summed E-state index contributed by atoms with van der Waals surface area (Å²) in [6, 6.07) is 0. The Hall–Kier alpha value is -0.940. The van der Waals surface area contributed by atoms with Gasteiger partial charge in [-0.25, -0.2) is 0 Å². The molecule has 4 nitrogen and oxygen atoms in total. The zero-order valence-corrected chi connectivity index (χ0v) is 6.01. The summed E-state index contributed by atoms with van der Waals surface area (Å²) in [7, 11) is 0. The van der Waals surface area contributed by atoms with E-state index in [9.17, 15) is 0 Å². The number of hydrogen-bond acceptors (Lipinski definition) is 4. The van der Waals surface area contributed by atoms with E-state index in [4.69, 9.17) is 5.73 Å². The van der Waals surface area contributed by atoms with Crippen LogP contribution in [0, 0.1) is 0 Å². The Kier molecular flexibility index (Phi) is 1.18. The molecule has 0 amide bonds. The first kappa shape index (κ1) is 5.82. The summed E-state index contributed by atoms with van der Waals surface area (Å²) in [6.07, 6.45) is 1.67. The minimum absolute atomic E-state index is 0.540. The third-order valence-electron chi connectivity index (χ3n) is 1.34. The van der Waals surface area contributed by atoms with Gasteiger partial charge in [0.2, 0.25) is 4.96 Å². The van der Waals surface area contributed by atoms with Crippen LogP contribution in [0.15, 0.2) is 11.7 Å². The van der Waals surface area contributed by atoms with Crippen LogP contribution >= 0.6 is 11.3 Å². The summed E-state index contributed by atoms with van der Waals surface area (Å²) >= 11 is 1.55. The van der Waals surface area contributed by atoms with Gasteiger partial charge in [-0.15, -0.1) is 21.5 Å². The molecule has 10 heavy (non-hydrogen) atoms. The molecule has 2 rings (SSSR count). The zero-order chi connectivity index (χ0) is 6.97. The Balaban J connectivity index is 2.76. The smallest absolute Gasteiger partial charge is 0.216 e. The molecule has 0 saturated heterocycles. The number of aromatic nitrogens is 3. The lowest BCUT2D eigenvalue weighted by atomic mass is 10.5. The summed E-state index contributed by atoms with van der Waals surface area (Å²) in [4.78, 5) is 0.903. The van der Waals surface area contributed by atoms with Crippen molar-refractivity contribution in [1.82, 2.24) is 14.6 Å². The van der Waals surface area contributed by atoms with Gasteiger partial charge in [0.1, 0.15) is 6.33 Å². The van der Waals surface area contributed by atoms with E-state index < -0.39 is 0 Å². The molecule has 2 N–H and O–H groups in total. The maximum Gasteiger partial charge on any atom is 0.216 e. The van der Waals surface area contributed by atoms with Crippen molar-refractivity contribution in [2.24, 2.45) is 5.73 Å². The first-order chi connectivity index (χ1) is 4.92. The maximum atomic E-state index is 5.45. The number of fused-ring (bicyclic) bond motifs is 1. The largest absolute Gasteiger partial charge is 0.325 e. The fourth-order valence-electron chi connectivity index (χ4n) is 0.826. The van der Waals surface area contributed by atoms with Crippen LogP contribution in [0.4, 0.5) is 0 Å². The number of hydrogen-bond donors (Lipinski definition) is 1. The highest BCUT2D eigenvalue weighted by Crippen LogP contribution is 2.11. The summed E-state index contributed by atoms with van der Waals surface area (Å²) in [5, 5.41) is 9.59. The van der Waals surface area contributed by atoms with Gasteiger partial charge in [-0.05, 0) is 0 Å². The second-order valence-corrected chi connectivity index (χ2v) is 2.75. The van der Waals surface area contributed by atoms with Crippen molar-refractivity contribution in [3.05, 3.63) is 17.4 Å². The standard InChI is InChI=1S/C5H6N4S/c6-1-4-2-10-5-8-7-3-9(4)5/h2-3H,1,6H2. The van der Waals surface area contributed by atoms with Crippen molar-refractivity contribution in [1.29, 1.82) is 0 Å². The lowest BCUT2D eigenvalue weighted by Gasteiger charge is -1.87. The lowest BCUT2D eigenvalue weighted by Crippen LogP contribution is -1.98. The van der Waals surface area contributed by atoms with Crippen LogP contribution in [-0.2, 0) is 6.54 Å². The molecule has 52 valence electrons. The second kappa shape index (κ2) is 2.03. The van der Waals surface area contributed by atoms with Gasteiger partial charge < -0.3 is 5.73 Å². The van der Waals surface area contributed by atoms with Crippen molar-refractivity contribution in [3.63, 3.8) is 0 Å². The first-order valence-electron chi connectivity index (χ1n) is 2.88. The van der Waals surface area contributed by atoms with E-state index in [1.807, 2.05) is 9.78 Å². The fourth-order valence-corrected chi connectivity index (χ4v) is 1.65. The molecule has 0 saturated carbocycles. The van der Waals surface area contributed by atoms with Crippen LogP contribution in [0.5, 0.6) is 0 Å². The SMILES string of the molecule is NCc1csc2nncn12. The van der Waals surface area contributed by atoms with E-state index in [-0.39, 0.29) is 0 Å². The predicted octanol–water partition coefficient (Wildman–Crippen LogP) is 0.249. The van der Waals surface area contributed by atoms with Gasteiger partial charge in [-0.2, -0.15) is 0 Å². The molecule has 2 heterocycles. The average Bonchev–Trinajstić information content (AvgIpc) is 2.44. The van der Waals surface area contributed by atoms with Gasteiger partial charge in [-0.1, -0.05) is 0 Å². The molecular formula is C5H6N4S. The van der Waals surface area contributed by atoms with Gasteiger partial charge in [0.25, 0.3) is 0 Å². The van der Waals surface area contributed by atoms with Crippen LogP contribution in [0.25, 0.3) is 4.96 Å². The highest BCUT2D eigenvalue weighted by Gasteiger charge is 2.00. The third kappa shape index (κ3) is 0.644. The highest BCUT2D eigenvalue weighted by molar-refractivity contribution is 7.15. The maximum absolute atomic E-state index is 5.45. The highest BCUT2D eigenvalue weighted by atomic mass is 32.1. The summed E-state index contributed by atoms with van der Waals surface area (Å²) in [5.41, 5.74) is 6.51. The molecule has 0 unspecified atom stereocenters. The fraction of sp³-hybridized carbons (Fsp3) is 0.200. The number of nitrogens with two attached hydrogens (primary N) is 1. The summed E-state index contributed by atoms with van der Waals surface area (Å²) < 4.78 is 1.89. The Morgan fingerprint density at radius 1 is 1.70 bits per heavy atom. The summed E-state index contributed by atoms with van der Waals surface area (Å²) in [5.74, 6) is 0. The van der Waals surface area contributed by atoms with E-state index >= 15 is 0 Å². The normalized spacial score (nSPS) is 10.9. The Labute approximate surface area is 61.3 Å². The van der Waals surface area contributed by atoms with E-state index in [0.717, 1.165) is 10.7 Å². The Morgan fingerprint density at radius 3 is 3.40 bits per heavy atom. The van der Waals surface area contributed by atoms with Crippen molar-refractivity contribution < 1.29 is 0 Å². The molecule has 0 aliphatic heterocycles. The van der Waals surface area contributed by atoms with Crippen LogP contribution in [-0.4, -0.2) is 14.6 Å². The van der Waals surface area contributed by atoms with E-state index in [1.165, 1.54) is 0 Å². The molecule has 0 spiro atoms. The van der Waals surface area contributed by atoms with Crippen LogP contribution in [0.3, 0.4) is 0 Å². The molecule has 0 aromatic carbocycles. The molecule has 2 aromatic heterocycles. The first-order valence-corrected chi connectivity index (χ1v) is 3.76. The molecule has 5 heteroatoms. The predicted molar refractivity (Wildman–Crippen MR) is 38.8 cm³/mol. The molecule has 0 aliphatic carbocycles. The third-order valence-corrected chi connectivity index (χ3v) is 2.21. The summed E-state index contributed by atoms with van der Waals surface area (Å²) in [6.45, 7) is 0.540. The molecule has 0 bridgehead atoms. The molecule has 0 radical (unpaired) electrons. The number of thiazole rings is 1. The van der Waals surface area contributed by atoms with Crippen molar-refractivity contribution in [2.45, 2.75) is 6.54 Å².